The number of furan rings is 1. The topological polar surface area (TPSA) is 69.6 Å². The second kappa shape index (κ2) is 13.0. The third-order valence-electron chi connectivity index (χ3n) is 10.5. The fourth-order valence-corrected chi connectivity index (χ4v) is 7.91. The smallest absolute Gasteiger partial charge is 0.166 e. The van der Waals surface area contributed by atoms with E-state index in [2.05, 4.69) is 108 Å². The van der Waals surface area contributed by atoms with Crippen molar-refractivity contribution >= 4 is 43.7 Å². The number of pyridine rings is 1. The highest BCUT2D eigenvalue weighted by Crippen LogP contribution is 2.43. The highest BCUT2D eigenvalue weighted by Gasteiger charge is 2.22. The summed E-state index contributed by atoms with van der Waals surface area (Å²) >= 11 is 0. The summed E-state index contributed by atoms with van der Waals surface area (Å²) in [6.07, 6.45) is 1.94. The van der Waals surface area contributed by atoms with Crippen molar-refractivity contribution < 1.29 is 4.42 Å². The molecular formula is C50H31N5O. The lowest BCUT2D eigenvalue weighted by Crippen LogP contribution is -2.02. The minimum absolute atomic E-state index is 0.545. The Bertz CT molecular complexity index is 3170. The first-order valence-corrected chi connectivity index (χ1v) is 18.6. The summed E-state index contributed by atoms with van der Waals surface area (Å²) in [5, 5.41) is 4.42. The molecule has 4 heterocycles. The van der Waals surface area contributed by atoms with Crippen molar-refractivity contribution in [3.63, 3.8) is 0 Å². The van der Waals surface area contributed by atoms with E-state index >= 15 is 0 Å². The molecule has 4 aromatic heterocycles. The Morgan fingerprint density at radius 3 is 1.68 bits per heavy atom. The van der Waals surface area contributed by atoms with Gasteiger partial charge in [-0.1, -0.05) is 127 Å². The molecule has 0 aliphatic carbocycles. The van der Waals surface area contributed by atoms with Crippen LogP contribution in [0.5, 0.6) is 0 Å². The maximum absolute atomic E-state index is 6.57. The van der Waals surface area contributed by atoms with Gasteiger partial charge in [-0.05, 0) is 60.2 Å². The van der Waals surface area contributed by atoms with Crippen molar-refractivity contribution in [2.75, 3.05) is 0 Å². The van der Waals surface area contributed by atoms with Crippen LogP contribution in [0.2, 0.25) is 0 Å². The second-order valence-electron chi connectivity index (χ2n) is 13.9. The molecule has 11 aromatic rings. The average molecular weight is 718 g/mol. The van der Waals surface area contributed by atoms with Gasteiger partial charge in [-0.2, -0.15) is 0 Å². The third kappa shape index (κ3) is 5.27. The zero-order chi connectivity index (χ0) is 37.0. The van der Waals surface area contributed by atoms with Crippen molar-refractivity contribution in [3.8, 4) is 62.2 Å². The summed E-state index contributed by atoms with van der Waals surface area (Å²) in [6.45, 7) is 0. The van der Waals surface area contributed by atoms with Gasteiger partial charge in [0.25, 0.3) is 0 Å². The Hall–Kier alpha value is -7.70. The molecule has 0 saturated heterocycles. The summed E-state index contributed by atoms with van der Waals surface area (Å²) in [4.78, 5) is 20.5. The monoisotopic (exact) mass is 717 g/mol. The van der Waals surface area contributed by atoms with Gasteiger partial charge >= 0.3 is 0 Å². The zero-order valence-electron chi connectivity index (χ0n) is 30.0. The van der Waals surface area contributed by atoms with E-state index < -0.39 is 0 Å². The van der Waals surface area contributed by atoms with Crippen LogP contribution in [-0.2, 0) is 0 Å². The standard InChI is InChI=1S/C50H31N5O/c1-5-15-32(16-6-1)36-30-40(50-53-48(33-17-7-2-8-18-33)52-49(54-50)34-19-9-3-10-20-34)47(51-31-36)35-25-27-43-39(29-35)46-44(56-43)28-26-42-45(46)38-23-13-14-24-41(38)55(42)37-21-11-4-12-22-37/h1-31H. The quantitative estimate of drug-likeness (QED) is 0.171. The number of rotatable bonds is 6. The predicted molar refractivity (Wildman–Crippen MR) is 226 cm³/mol. The van der Waals surface area contributed by atoms with Gasteiger partial charge in [0.15, 0.2) is 17.5 Å². The van der Waals surface area contributed by atoms with Crippen molar-refractivity contribution in [3.05, 3.63) is 188 Å². The van der Waals surface area contributed by atoms with Gasteiger partial charge < -0.3 is 8.98 Å². The number of aromatic nitrogens is 5. The maximum Gasteiger partial charge on any atom is 0.166 e. The first-order chi connectivity index (χ1) is 27.8. The molecule has 6 nitrogen and oxygen atoms in total. The predicted octanol–water partition coefficient (Wildman–Crippen LogP) is 12.6. The lowest BCUT2D eigenvalue weighted by molar-refractivity contribution is 0.669. The molecule has 0 radical (unpaired) electrons. The number of hydrogen-bond donors (Lipinski definition) is 0. The van der Waals surface area contributed by atoms with Crippen molar-refractivity contribution in [2.45, 2.75) is 0 Å². The normalized spacial score (nSPS) is 11.6. The van der Waals surface area contributed by atoms with E-state index in [1.165, 1.54) is 5.39 Å². The molecule has 0 spiro atoms. The van der Waals surface area contributed by atoms with Gasteiger partial charge in [0.1, 0.15) is 11.2 Å². The van der Waals surface area contributed by atoms with Crippen molar-refractivity contribution in [1.82, 2.24) is 24.5 Å². The van der Waals surface area contributed by atoms with Crippen molar-refractivity contribution in [1.29, 1.82) is 0 Å². The average Bonchev–Trinajstić information content (AvgIpc) is 3.82. The maximum atomic E-state index is 6.57. The molecule has 7 aromatic carbocycles. The Morgan fingerprint density at radius 2 is 0.982 bits per heavy atom. The molecule has 0 amide bonds. The van der Waals surface area contributed by atoms with Crippen LogP contribution in [0.1, 0.15) is 0 Å². The number of hydrogen-bond acceptors (Lipinski definition) is 5. The minimum atomic E-state index is 0.545. The van der Waals surface area contributed by atoms with Gasteiger partial charge in [0.05, 0.1) is 16.7 Å². The van der Waals surface area contributed by atoms with E-state index in [4.69, 9.17) is 24.4 Å². The fraction of sp³-hybridized carbons (Fsp3) is 0. The van der Waals surface area contributed by atoms with E-state index in [0.29, 0.717) is 17.5 Å². The summed E-state index contributed by atoms with van der Waals surface area (Å²) < 4.78 is 8.91. The van der Waals surface area contributed by atoms with Crippen LogP contribution in [-0.4, -0.2) is 24.5 Å². The number of fused-ring (bicyclic) bond motifs is 7. The van der Waals surface area contributed by atoms with E-state index in [-0.39, 0.29) is 0 Å². The highest BCUT2D eigenvalue weighted by atomic mass is 16.3. The van der Waals surface area contributed by atoms with E-state index in [1.807, 2.05) is 85.1 Å². The van der Waals surface area contributed by atoms with Crippen molar-refractivity contribution in [2.24, 2.45) is 0 Å². The summed E-state index contributed by atoms with van der Waals surface area (Å²) in [6, 6.07) is 62.3. The van der Waals surface area contributed by atoms with Gasteiger partial charge in [0.2, 0.25) is 0 Å². The first-order valence-electron chi connectivity index (χ1n) is 18.6. The molecule has 0 atom stereocenters. The van der Waals surface area contributed by atoms with Crippen LogP contribution >= 0.6 is 0 Å². The molecule has 6 heteroatoms. The van der Waals surface area contributed by atoms with Crippen LogP contribution in [0.3, 0.4) is 0 Å². The van der Waals surface area contributed by atoms with Crippen LogP contribution in [0, 0.1) is 0 Å². The summed E-state index contributed by atoms with van der Waals surface area (Å²) in [7, 11) is 0. The molecule has 262 valence electrons. The molecule has 11 rings (SSSR count). The number of benzene rings is 7. The largest absolute Gasteiger partial charge is 0.456 e. The molecule has 0 unspecified atom stereocenters. The van der Waals surface area contributed by atoms with E-state index in [1.54, 1.807) is 0 Å². The Morgan fingerprint density at radius 1 is 0.393 bits per heavy atom. The second-order valence-corrected chi connectivity index (χ2v) is 13.9. The SMILES string of the molecule is c1ccc(-c2cnc(-c3ccc4oc5ccc6c(c7ccccc7n6-c6ccccc6)c5c4c3)c(-c3nc(-c4ccccc4)nc(-c4ccccc4)n3)c2)cc1. The third-order valence-corrected chi connectivity index (χ3v) is 10.5. The van der Waals surface area contributed by atoms with Gasteiger partial charge in [0, 0.05) is 61.2 Å². The molecule has 56 heavy (non-hydrogen) atoms. The summed E-state index contributed by atoms with van der Waals surface area (Å²) in [5.41, 5.74) is 11.4. The van der Waals surface area contributed by atoms with Crippen LogP contribution in [0.15, 0.2) is 193 Å². The molecule has 0 N–H and O–H groups in total. The molecular weight excluding hydrogens is 687 g/mol. The number of para-hydroxylation sites is 2. The van der Waals surface area contributed by atoms with Gasteiger partial charge in [-0.3, -0.25) is 4.98 Å². The Balaban J connectivity index is 1.18. The molecule has 0 aliphatic rings. The molecule has 0 saturated carbocycles. The lowest BCUT2D eigenvalue weighted by atomic mass is 9.98. The number of nitrogens with zero attached hydrogens (tertiary/aromatic N) is 5. The molecule has 0 fully saturated rings. The highest BCUT2D eigenvalue weighted by molar-refractivity contribution is 6.27. The Kier molecular flexibility index (Phi) is 7.38. The minimum Gasteiger partial charge on any atom is -0.456 e. The molecule has 0 bridgehead atoms. The summed E-state index contributed by atoms with van der Waals surface area (Å²) in [5.74, 6) is 1.74. The zero-order valence-corrected chi connectivity index (χ0v) is 30.0. The van der Waals surface area contributed by atoms with Crippen LogP contribution in [0.4, 0.5) is 0 Å². The van der Waals surface area contributed by atoms with Gasteiger partial charge in [-0.25, -0.2) is 15.0 Å². The van der Waals surface area contributed by atoms with Crippen LogP contribution in [0.25, 0.3) is 106 Å². The Labute approximate surface area is 322 Å². The van der Waals surface area contributed by atoms with E-state index in [0.717, 1.165) is 83.1 Å². The fourth-order valence-electron chi connectivity index (χ4n) is 7.91. The van der Waals surface area contributed by atoms with Gasteiger partial charge in [-0.15, -0.1) is 0 Å². The van der Waals surface area contributed by atoms with Crippen LogP contribution < -0.4 is 0 Å². The lowest BCUT2D eigenvalue weighted by Gasteiger charge is -2.13. The van der Waals surface area contributed by atoms with E-state index in [9.17, 15) is 0 Å². The first kappa shape index (κ1) is 31.8. The molecule has 0 aliphatic heterocycles.